The fraction of sp³-hybridized carbons (Fsp3) is 0.200. The molecule has 0 saturated carbocycles. The summed E-state index contributed by atoms with van der Waals surface area (Å²) >= 11 is 6.05. The van der Waals surface area contributed by atoms with E-state index in [4.69, 9.17) is 21.1 Å². The molecular weight excluding hydrogens is 370 g/mol. The number of rotatable bonds is 5. The van der Waals surface area contributed by atoms with Gasteiger partial charge in [0.1, 0.15) is 22.8 Å². The summed E-state index contributed by atoms with van der Waals surface area (Å²) in [4.78, 5) is 23.2. The molecule has 27 heavy (non-hydrogen) atoms. The Morgan fingerprint density at radius 2 is 1.70 bits per heavy atom. The van der Waals surface area contributed by atoms with Crippen LogP contribution in [0.5, 0.6) is 11.5 Å². The van der Waals surface area contributed by atoms with E-state index in [0.29, 0.717) is 22.1 Å². The number of nitrogens with one attached hydrogen (secondary N) is 1. The Balaban J connectivity index is 2.12. The van der Waals surface area contributed by atoms with Crippen LogP contribution in [0.15, 0.2) is 54.2 Å². The lowest BCUT2D eigenvalue weighted by Crippen LogP contribution is -2.34. The number of carboxylic acid groups (broad SMARTS) is 1. The van der Waals surface area contributed by atoms with E-state index in [-0.39, 0.29) is 5.70 Å². The van der Waals surface area contributed by atoms with Gasteiger partial charge in [-0.3, -0.25) is 5.32 Å². The summed E-state index contributed by atoms with van der Waals surface area (Å²) in [7, 11) is 0. The van der Waals surface area contributed by atoms with Gasteiger partial charge in [-0.15, -0.1) is 0 Å². The standard InChI is InChI=1S/C20H20ClNO5/c1-20(2,3)27-19(25)22-16(18(23)24)12-13-8-10-14(11-9-13)26-17-7-5-4-6-15(17)21/h4-12H,1-3H3,(H,22,25)(H,23,24)/b16-12-. The summed E-state index contributed by atoms with van der Waals surface area (Å²) in [5, 5.41) is 12.0. The van der Waals surface area contributed by atoms with Gasteiger partial charge in [0.05, 0.1) is 5.02 Å². The van der Waals surface area contributed by atoms with Crippen molar-refractivity contribution in [2.45, 2.75) is 26.4 Å². The monoisotopic (exact) mass is 389 g/mol. The number of benzene rings is 2. The Morgan fingerprint density at radius 3 is 2.26 bits per heavy atom. The van der Waals surface area contributed by atoms with E-state index < -0.39 is 17.7 Å². The molecule has 2 rings (SSSR count). The number of aliphatic carboxylic acids is 1. The molecule has 0 radical (unpaired) electrons. The topological polar surface area (TPSA) is 84.9 Å². The number of halogens is 1. The van der Waals surface area contributed by atoms with E-state index in [1.165, 1.54) is 6.08 Å². The molecule has 0 aliphatic carbocycles. The molecule has 2 aromatic rings. The van der Waals surface area contributed by atoms with Crippen molar-refractivity contribution in [3.05, 3.63) is 64.8 Å². The van der Waals surface area contributed by atoms with Gasteiger partial charge >= 0.3 is 12.1 Å². The lowest BCUT2D eigenvalue weighted by Gasteiger charge is -2.19. The van der Waals surface area contributed by atoms with Crippen molar-refractivity contribution in [2.75, 3.05) is 0 Å². The molecule has 7 heteroatoms. The second-order valence-electron chi connectivity index (χ2n) is 6.59. The summed E-state index contributed by atoms with van der Waals surface area (Å²) < 4.78 is 10.7. The number of carboxylic acids is 1. The number of hydrogen-bond donors (Lipinski definition) is 2. The van der Waals surface area contributed by atoms with Crippen molar-refractivity contribution in [3.8, 4) is 11.5 Å². The van der Waals surface area contributed by atoms with Crippen molar-refractivity contribution < 1.29 is 24.2 Å². The van der Waals surface area contributed by atoms with Gasteiger partial charge < -0.3 is 14.6 Å². The molecule has 0 atom stereocenters. The minimum atomic E-state index is -1.28. The van der Waals surface area contributed by atoms with Gasteiger partial charge in [-0.1, -0.05) is 35.9 Å². The van der Waals surface area contributed by atoms with E-state index in [9.17, 15) is 14.7 Å². The number of para-hydroxylation sites is 1. The van der Waals surface area contributed by atoms with Gasteiger partial charge in [0, 0.05) is 0 Å². The van der Waals surface area contributed by atoms with Crippen LogP contribution in [0.3, 0.4) is 0 Å². The maximum Gasteiger partial charge on any atom is 0.412 e. The zero-order chi connectivity index (χ0) is 20.0. The van der Waals surface area contributed by atoms with Crippen LogP contribution in [0.1, 0.15) is 26.3 Å². The van der Waals surface area contributed by atoms with Crippen LogP contribution in [0.2, 0.25) is 5.02 Å². The minimum absolute atomic E-state index is 0.302. The Kier molecular flexibility index (Phi) is 6.47. The normalized spacial score (nSPS) is 11.6. The predicted molar refractivity (Wildman–Crippen MR) is 103 cm³/mol. The lowest BCUT2D eigenvalue weighted by molar-refractivity contribution is -0.133. The SMILES string of the molecule is CC(C)(C)OC(=O)N/C(=C\c1ccc(Oc2ccccc2Cl)cc1)C(=O)O. The van der Waals surface area contributed by atoms with Gasteiger partial charge in [0.15, 0.2) is 0 Å². The van der Waals surface area contributed by atoms with Gasteiger partial charge in [0.2, 0.25) is 0 Å². The third kappa shape index (κ3) is 6.67. The second-order valence-corrected chi connectivity index (χ2v) is 7.00. The molecular formula is C20H20ClNO5. The summed E-state index contributed by atoms with van der Waals surface area (Å²) in [6.45, 7) is 5.07. The highest BCUT2D eigenvalue weighted by Gasteiger charge is 2.19. The van der Waals surface area contributed by atoms with Crippen molar-refractivity contribution in [3.63, 3.8) is 0 Å². The van der Waals surface area contributed by atoms with Crippen LogP contribution >= 0.6 is 11.6 Å². The molecule has 142 valence electrons. The average molecular weight is 390 g/mol. The van der Waals surface area contributed by atoms with E-state index in [1.54, 1.807) is 69.3 Å². The number of carbonyl (C=O) groups is 2. The average Bonchev–Trinajstić information content (AvgIpc) is 2.56. The highest BCUT2D eigenvalue weighted by atomic mass is 35.5. The number of amides is 1. The fourth-order valence-electron chi connectivity index (χ4n) is 2.02. The zero-order valence-electron chi connectivity index (χ0n) is 15.2. The number of hydrogen-bond acceptors (Lipinski definition) is 4. The summed E-state index contributed by atoms with van der Waals surface area (Å²) in [5.74, 6) is -0.227. The summed E-state index contributed by atoms with van der Waals surface area (Å²) in [5.41, 5.74) is -0.468. The number of ether oxygens (including phenoxy) is 2. The maximum atomic E-state index is 11.8. The summed E-state index contributed by atoms with van der Waals surface area (Å²) in [6.07, 6.45) is 0.487. The molecule has 0 spiro atoms. The van der Waals surface area contributed by atoms with Crippen molar-refractivity contribution in [1.82, 2.24) is 5.32 Å². The first-order valence-corrected chi connectivity index (χ1v) is 8.49. The zero-order valence-corrected chi connectivity index (χ0v) is 15.9. The van der Waals surface area contributed by atoms with Gasteiger partial charge in [0.25, 0.3) is 0 Å². The molecule has 1 amide bonds. The highest BCUT2D eigenvalue weighted by molar-refractivity contribution is 6.32. The first-order chi connectivity index (χ1) is 12.6. The molecule has 0 heterocycles. The van der Waals surface area contributed by atoms with Crippen molar-refractivity contribution >= 4 is 29.7 Å². The molecule has 2 N–H and O–H groups in total. The molecule has 0 unspecified atom stereocenters. The first kappa shape index (κ1) is 20.3. The third-order valence-corrected chi connectivity index (χ3v) is 3.43. The molecule has 6 nitrogen and oxygen atoms in total. The minimum Gasteiger partial charge on any atom is -0.477 e. The Hall–Kier alpha value is -2.99. The predicted octanol–water partition coefficient (Wildman–Crippen LogP) is 5.08. The quantitative estimate of drug-likeness (QED) is 0.696. The van der Waals surface area contributed by atoms with Gasteiger partial charge in [-0.05, 0) is 56.7 Å². The molecule has 0 saturated heterocycles. The van der Waals surface area contributed by atoms with Crippen LogP contribution in [0.4, 0.5) is 4.79 Å². The molecule has 2 aromatic carbocycles. The Labute approximate surface area is 162 Å². The molecule has 0 aliphatic rings. The first-order valence-electron chi connectivity index (χ1n) is 8.11. The van der Waals surface area contributed by atoms with E-state index in [2.05, 4.69) is 5.32 Å². The van der Waals surface area contributed by atoms with Crippen LogP contribution < -0.4 is 10.1 Å². The van der Waals surface area contributed by atoms with E-state index >= 15 is 0 Å². The van der Waals surface area contributed by atoms with Crippen LogP contribution in [0, 0.1) is 0 Å². The van der Waals surface area contributed by atoms with Gasteiger partial charge in [-0.2, -0.15) is 0 Å². The highest BCUT2D eigenvalue weighted by Crippen LogP contribution is 2.29. The van der Waals surface area contributed by atoms with E-state index in [0.717, 1.165) is 0 Å². The third-order valence-electron chi connectivity index (χ3n) is 3.12. The van der Waals surface area contributed by atoms with E-state index in [1.807, 2.05) is 0 Å². The van der Waals surface area contributed by atoms with Crippen molar-refractivity contribution in [1.29, 1.82) is 0 Å². The molecule has 0 fully saturated rings. The van der Waals surface area contributed by atoms with Crippen molar-refractivity contribution in [2.24, 2.45) is 0 Å². The Morgan fingerprint density at radius 1 is 1.07 bits per heavy atom. The maximum absolute atomic E-state index is 11.8. The second kappa shape index (κ2) is 8.60. The Bertz CT molecular complexity index is 853. The number of carbonyl (C=O) groups excluding carboxylic acids is 1. The van der Waals surface area contributed by atoms with Gasteiger partial charge in [-0.25, -0.2) is 9.59 Å². The number of alkyl carbamates (subject to hydrolysis) is 1. The fourth-order valence-corrected chi connectivity index (χ4v) is 2.19. The van der Waals surface area contributed by atoms with Crippen LogP contribution in [-0.4, -0.2) is 22.8 Å². The van der Waals surface area contributed by atoms with Crippen LogP contribution in [-0.2, 0) is 9.53 Å². The summed E-state index contributed by atoms with van der Waals surface area (Å²) in [6, 6.07) is 13.7. The largest absolute Gasteiger partial charge is 0.477 e. The molecule has 0 bridgehead atoms. The smallest absolute Gasteiger partial charge is 0.412 e. The molecule has 0 aromatic heterocycles. The lowest BCUT2D eigenvalue weighted by atomic mass is 10.2. The molecule has 0 aliphatic heterocycles. The van der Waals surface area contributed by atoms with Crippen LogP contribution in [0.25, 0.3) is 6.08 Å².